The average molecular weight is 422 g/mol. The number of sulfonamides is 1. The Labute approximate surface area is 174 Å². The van der Waals surface area contributed by atoms with Gasteiger partial charge >= 0.3 is 0 Å². The van der Waals surface area contributed by atoms with Crippen LogP contribution in [0.5, 0.6) is 17.2 Å². The van der Waals surface area contributed by atoms with Crippen molar-refractivity contribution in [3.05, 3.63) is 47.0 Å². The molecule has 2 aromatic carbocycles. The van der Waals surface area contributed by atoms with E-state index < -0.39 is 10.0 Å². The number of ether oxygens (including phenoxy) is 3. The second-order valence-corrected chi connectivity index (χ2v) is 8.72. The standard InChI is InChI=1S/C22H31NO5S/c1-7-27-19-10-9-17(12-21(19)28-8-2)14-23-29(24,25)22-13-18(15(3)4)20(26-6)11-16(22)5/h9-13,15,23H,7-8,14H2,1-6H3. The molecule has 0 saturated heterocycles. The highest BCUT2D eigenvalue weighted by atomic mass is 32.2. The Bertz CT molecular complexity index is 938. The third kappa shape index (κ3) is 5.64. The van der Waals surface area contributed by atoms with Crippen LogP contribution >= 0.6 is 0 Å². The van der Waals surface area contributed by atoms with E-state index in [9.17, 15) is 8.42 Å². The molecule has 6 nitrogen and oxygen atoms in total. The van der Waals surface area contributed by atoms with Crippen LogP contribution in [-0.4, -0.2) is 28.7 Å². The Hall–Kier alpha value is -2.25. The number of hydrogen-bond donors (Lipinski definition) is 1. The van der Waals surface area contributed by atoms with Crippen molar-refractivity contribution in [3.8, 4) is 17.2 Å². The predicted molar refractivity (Wildman–Crippen MR) is 115 cm³/mol. The maximum absolute atomic E-state index is 13.0. The zero-order valence-corrected chi connectivity index (χ0v) is 18.9. The van der Waals surface area contributed by atoms with Crippen molar-refractivity contribution in [2.24, 2.45) is 0 Å². The molecule has 0 bridgehead atoms. The molecule has 160 valence electrons. The number of nitrogens with one attached hydrogen (secondary N) is 1. The van der Waals surface area contributed by atoms with Crippen molar-refractivity contribution < 1.29 is 22.6 Å². The Kier molecular flexibility index (Phi) is 7.93. The molecule has 0 saturated carbocycles. The van der Waals surface area contributed by atoms with Crippen LogP contribution < -0.4 is 18.9 Å². The molecule has 2 rings (SSSR count). The normalized spacial score (nSPS) is 11.6. The van der Waals surface area contributed by atoms with E-state index in [1.165, 1.54) is 0 Å². The first kappa shape index (κ1) is 23.0. The summed E-state index contributed by atoms with van der Waals surface area (Å²) in [6.45, 7) is 10.8. The second-order valence-electron chi connectivity index (χ2n) is 6.99. The fourth-order valence-corrected chi connectivity index (χ4v) is 4.33. The lowest BCUT2D eigenvalue weighted by Crippen LogP contribution is -2.24. The number of aryl methyl sites for hydroxylation is 1. The maximum atomic E-state index is 13.0. The Morgan fingerprint density at radius 2 is 1.62 bits per heavy atom. The minimum absolute atomic E-state index is 0.138. The van der Waals surface area contributed by atoms with E-state index >= 15 is 0 Å². The SMILES string of the molecule is CCOc1ccc(CNS(=O)(=O)c2cc(C(C)C)c(OC)cc2C)cc1OCC. The van der Waals surface area contributed by atoms with E-state index in [0.717, 1.165) is 11.1 Å². The summed E-state index contributed by atoms with van der Waals surface area (Å²) >= 11 is 0. The van der Waals surface area contributed by atoms with E-state index in [2.05, 4.69) is 4.72 Å². The van der Waals surface area contributed by atoms with Gasteiger partial charge in [-0.2, -0.15) is 0 Å². The molecule has 1 N–H and O–H groups in total. The summed E-state index contributed by atoms with van der Waals surface area (Å²) in [6.07, 6.45) is 0. The number of benzene rings is 2. The first-order valence-electron chi connectivity index (χ1n) is 9.80. The van der Waals surface area contributed by atoms with Crippen LogP contribution in [0.4, 0.5) is 0 Å². The molecular weight excluding hydrogens is 390 g/mol. The first-order valence-corrected chi connectivity index (χ1v) is 11.3. The molecule has 0 amide bonds. The topological polar surface area (TPSA) is 73.9 Å². The van der Waals surface area contributed by atoms with Gasteiger partial charge in [-0.15, -0.1) is 0 Å². The van der Waals surface area contributed by atoms with Crippen LogP contribution in [0.2, 0.25) is 0 Å². The van der Waals surface area contributed by atoms with Crippen LogP contribution in [0.15, 0.2) is 35.2 Å². The van der Waals surface area contributed by atoms with Crippen LogP contribution in [-0.2, 0) is 16.6 Å². The second kappa shape index (κ2) is 9.98. The van der Waals surface area contributed by atoms with Gasteiger partial charge in [-0.25, -0.2) is 13.1 Å². The number of rotatable bonds is 10. The molecule has 0 aromatic heterocycles. The Morgan fingerprint density at radius 1 is 0.966 bits per heavy atom. The largest absolute Gasteiger partial charge is 0.496 e. The summed E-state index contributed by atoms with van der Waals surface area (Å²) < 4.78 is 45.2. The van der Waals surface area contributed by atoms with Crippen molar-refractivity contribution in [3.63, 3.8) is 0 Å². The average Bonchev–Trinajstić information content (AvgIpc) is 2.67. The van der Waals surface area contributed by atoms with E-state index in [1.807, 2.05) is 33.8 Å². The molecule has 0 radical (unpaired) electrons. The van der Waals surface area contributed by atoms with Crippen molar-refractivity contribution in [2.75, 3.05) is 20.3 Å². The first-order chi connectivity index (χ1) is 13.7. The number of methoxy groups -OCH3 is 1. The summed E-state index contributed by atoms with van der Waals surface area (Å²) in [4.78, 5) is 0.262. The molecule has 0 aliphatic heterocycles. The lowest BCUT2D eigenvalue weighted by Gasteiger charge is -2.17. The van der Waals surface area contributed by atoms with Crippen molar-refractivity contribution in [1.82, 2.24) is 4.72 Å². The van der Waals surface area contributed by atoms with Gasteiger partial charge < -0.3 is 14.2 Å². The lowest BCUT2D eigenvalue weighted by molar-refractivity contribution is 0.287. The summed E-state index contributed by atoms with van der Waals surface area (Å²) in [5.74, 6) is 2.09. The van der Waals surface area contributed by atoms with Gasteiger partial charge in [0.2, 0.25) is 10.0 Å². The van der Waals surface area contributed by atoms with Crippen molar-refractivity contribution in [2.45, 2.75) is 52.0 Å². The monoisotopic (exact) mass is 421 g/mol. The zero-order chi connectivity index (χ0) is 21.6. The van der Waals surface area contributed by atoms with Crippen LogP contribution in [0.25, 0.3) is 0 Å². The van der Waals surface area contributed by atoms with Gasteiger partial charge in [-0.1, -0.05) is 19.9 Å². The van der Waals surface area contributed by atoms with Crippen LogP contribution in [0, 0.1) is 6.92 Å². The zero-order valence-electron chi connectivity index (χ0n) is 18.0. The maximum Gasteiger partial charge on any atom is 0.241 e. The van der Waals surface area contributed by atoms with Gasteiger partial charge in [-0.3, -0.25) is 0 Å². The van der Waals surface area contributed by atoms with Crippen LogP contribution in [0.3, 0.4) is 0 Å². The molecule has 0 aliphatic rings. The van der Waals surface area contributed by atoms with E-state index in [4.69, 9.17) is 14.2 Å². The summed E-state index contributed by atoms with van der Waals surface area (Å²) in [5.41, 5.74) is 2.29. The third-order valence-electron chi connectivity index (χ3n) is 4.51. The lowest BCUT2D eigenvalue weighted by atomic mass is 10.0. The van der Waals surface area contributed by atoms with Crippen LogP contribution in [0.1, 0.15) is 50.3 Å². The van der Waals surface area contributed by atoms with Crippen molar-refractivity contribution in [1.29, 1.82) is 0 Å². The highest BCUT2D eigenvalue weighted by molar-refractivity contribution is 7.89. The van der Waals surface area contributed by atoms with Gasteiger partial charge in [-0.05, 0) is 67.6 Å². The van der Waals surface area contributed by atoms with Gasteiger partial charge in [0, 0.05) is 6.54 Å². The minimum atomic E-state index is -3.69. The molecule has 0 spiro atoms. The molecule has 7 heteroatoms. The summed E-state index contributed by atoms with van der Waals surface area (Å²) in [7, 11) is -2.10. The molecular formula is C22H31NO5S. The fraction of sp³-hybridized carbons (Fsp3) is 0.455. The summed E-state index contributed by atoms with van der Waals surface area (Å²) in [6, 6.07) is 8.90. The highest BCUT2D eigenvalue weighted by Crippen LogP contribution is 2.32. The van der Waals surface area contributed by atoms with Gasteiger partial charge in [0.25, 0.3) is 0 Å². The Morgan fingerprint density at radius 3 is 2.21 bits per heavy atom. The Balaban J connectivity index is 2.28. The van der Waals surface area contributed by atoms with Gasteiger partial charge in [0.05, 0.1) is 25.2 Å². The summed E-state index contributed by atoms with van der Waals surface area (Å²) in [5, 5.41) is 0. The minimum Gasteiger partial charge on any atom is -0.496 e. The molecule has 0 fully saturated rings. The number of hydrogen-bond acceptors (Lipinski definition) is 5. The third-order valence-corrected chi connectivity index (χ3v) is 6.06. The van der Waals surface area contributed by atoms with E-state index in [-0.39, 0.29) is 17.4 Å². The smallest absolute Gasteiger partial charge is 0.241 e. The van der Waals surface area contributed by atoms with E-state index in [1.54, 1.807) is 38.3 Å². The van der Waals surface area contributed by atoms with E-state index in [0.29, 0.717) is 36.0 Å². The molecule has 0 aliphatic carbocycles. The molecule has 0 atom stereocenters. The predicted octanol–water partition coefficient (Wildman–Crippen LogP) is 4.40. The van der Waals surface area contributed by atoms with Gasteiger partial charge in [0.1, 0.15) is 5.75 Å². The highest BCUT2D eigenvalue weighted by Gasteiger charge is 2.21. The molecule has 2 aromatic rings. The molecule has 0 unspecified atom stereocenters. The molecule has 0 heterocycles. The molecule has 29 heavy (non-hydrogen) atoms. The van der Waals surface area contributed by atoms with Crippen molar-refractivity contribution >= 4 is 10.0 Å². The quantitative estimate of drug-likeness (QED) is 0.615. The van der Waals surface area contributed by atoms with Gasteiger partial charge in [0.15, 0.2) is 11.5 Å². The fourth-order valence-electron chi connectivity index (χ4n) is 3.06.